The second-order valence-electron chi connectivity index (χ2n) is 6.54. The van der Waals surface area contributed by atoms with Gasteiger partial charge in [0.25, 0.3) is 5.91 Å². The molecule has 2 aliphatic heterocycles. The minimum atomic E-state index is -0.159. The Hall–Kier alpha value is -2.18. The normalized spacial score (nSPS) is 26.4. The molecule has 0 spiro atoms. The molecule has 2 fully saturated rings. The number of nitrogens with zero attached hydrogens (tertiary/aromatic N) is 2. The minimum Gasteiger partial charge on any atom is -0.459 e. The van der Waals surface area contributed by atoms with Crippen LogP contribution in [0.3, 0.4) is 0 Å². The van der Waals surface area contributed by atoms with Gasteiger partial charge in [-0.1, -0.05) is 6.07 Å². The molecular weight excluding hydrogens is 306 g/mol. The van der Waals surface area contributed by atoms with Crippen LogP contribution in [0.15, 0.2) is 47.3 Å². The number of carbonyl (C=O) groups is 1. The number of rotatable bonds is 5. The topological polar surface area (TPSA) is 67.6 Å². The molecule has 126 valence electrons. The first-order valence-corrected chi connectivity index (χ1v) is 8.34. The molecule has 3 atom stereocenters. The molecule has 6 nitrogen and oxygen atoms in total. The predicted octanol–water partition coefficient (Wildman–Crippen LogP) is 1.55. The lowest BCUT2D eigenvalue weighted by Gasteiger charge is -2.19. The van der Waals surface area contributed by atoms with Gasteiger partial charge in [0.2, 0.25) is 0 Å². The average molecular weight is 327 g/mol. The van der Waals surface area contributed by atoms with Crippen molar-refractivity contribution in [1.82, 2.24) is 15.2 Å². The number of hydrogen-bond donors (Lipinski definition) is 1. The van der Waals surface area contributed by atoms with Gasteiger partial charge in [0.05, 0.1) is 19.0 Å². The Kier molecular flexibility index (Phi) is 4.32. The van der Waals surface area contributed by atoms with Crippen molar-refractivity contribution in [2.75, 3.05) is 26.2 Å². The molecule has 1 N–H and O–H groups in total. The van der Waals surface area contributed by atoms with E-state index in [9.17, 15) is 4.79 Å². The highest BCUT2D eigenvalue weighted by Crippen LogP contribution is 2.34. The predicted molar refractivity (Wildman–Crippen MR) is 87.3 cm³/mol. The van der Waals surface area contributed by atoms with Crippen molar-refractivity contribution in [3.63, 3.8) is 0 Å². The maximum Gasteiger partial charge on any atom is 0.286 e. The number of hydrogen-bond acceptors (Lipinski definition) is 5. The summed E-state index contributed by atoms with van der Waals surface area (Å²) in [4.78, 5) is 18.6. The third-order valence-electron chi connectivity index (χ3n) is 4.91. The molecule has 4 rings (SSSR count). The summed E-state index contributed by atoms with van der Waals surface area (Å²) in [7, 11) is 0. The fraction of sp³-hybridized carbons (Fsp3) is 0.444. The zero-order chi connectivity index (χ0) is 16.4. The third-order valence-corrected chi connectivity index (χ3v) is 4.91. The van der Waals surface area contributed by atoms with E-state index in [1.54, 1.807) is 18.3 Å². The van der Waals surface area contributed by atoms with Crippen LogP contribution < -0.4 is 5.32 Å². The van der Waals surface area contributed by atoms with Crippen LogP contribution in [0.25, 0.3) is 0 Å². The number of fused-ring (bicyclic) bond motifs is 1. The highest BCUT2D eigenvalue weighted by molar-refractivity contribution is 5.91. The molecule has 6 heteroatoms. The Morgan fingerprint density at radius 2 is 2.29 bits per heavy atom. The molecule has 4 heterocycles. The fourth-order valence-corrected chi connectivity index (χ4v) is 3.69. The number of nitrogens with one attached hydrogen (secondary N) is 1. The zero-order valence-electron chi connectivity index (χ0n) is 13.4. The quantitative estimate of drug-likeness (QED) is 0.902. The van der Waals surface area contributed by atoms with E-state index in [1.165, 1.54) is 11.8 Å². The Morgan fingerprint density at radius 3 is 3.08 bits per heavy atom. The molecule has 0 radical (unpaired) electrons. The molecule has 0 unspecified atom stereocenters. The zero-order valence-corrected chi connectivity index (χ0v) is 13.4. The number of pyridine rings is 1. The highest BCUT2D eigenvalue weighted by atomic mass is 16.5. The fourth-order valence-electron chi connectivity index (χ4n) is 3.69. The van der Waals surface area contributed by atoms with Gasteiger partial charge < -0.3 is 14.5 Å². The first-order chi connectivity index (χ1) is 11.8. The number of aromatic nitrogens is 1. The van der Waals surface area contributed by atoms with Gasteiger partial charge in [-0.05, 0) is 23.8 Å². The van der Waals surface area contributed by atoms with Gasteiger partial charge in [0, 0.05) is 50.4 Å². The highest BCUT2D eigenvalue weighted by Gasteiger charge is 2.43. The third kappa shape index (κ3) is 3.20. The first kappa shape index (κ1) is 15.4. The summed E-state index contributed by atoms with van der Waals surface area (Å²) in [5.41, 5.74) is 1.22. The van der Waals surface area contributed by atoms with Crippen molar-refractivity contribution in [2.24, 2.45) is 11.8 Å². The van der Waals surface area contributed by atoms with E-state index in [1.807, 2.05) is 12.3 Å². The molecular formula is C18H21N3O3. The molecule has 0 bridgehead atoms. The first-order valence-electron chi connectivity index (χ1n) is 8.34. The van der Waals surface area contributed by atoms with E-state index in [0.717, 1.165) is 19.6 Å². The van der Waals surface area contributed by atoms with Crippen LogP contribution in [-0.2, 0) is 11.3 Å². The lowest BCUT2D eigenvalue weighted by Crippen LogP contribution is -2.34. The molecule has 0 saturated carbocycles. The molecule has 2 aromatic rings. The van der Waals surface area contributed by atoms with Crippen LogP contribution in [0.1, 0.15) is 16.1 Å². The number of likely N-dealkylation sites (tertiary alicyclic amines) is 1. The number of carbonyl (C=O) groups excluding carboxylic acids is 1. The smallest absolute Gasteiger partial charge is 0.286 e. The summed E-state index contributed by atoms with van der Waals surface area (Å²) < 4.78 is 11.1. The lowest BCUT2D eigenvalue weighted by molar-refractivity contribution is 0.0887. The minimum absolute atomic E-state index is 0.159. The number of amides is 1. The van der Waals surface area contributed by atoms with Crippen molar-refractivity contribution in [1.29, 1.82) is 0 Å². The van der Waals surface area contributed by atoms with E-state index < -0.39 is 0 Å². The molecule has 2 saturated heterocycles. The van der Waals surface area contributed by atoms with Crippen molar-refractivity contribution in [3.05, 3.63) is 54.2 Å². The van der Waals surface area contributed by atoms with Gasteiger partial charge >= 0.3 is 0 Å². The van der Waals surface area contributed by atoms with Crippen LogP contribution in [0.4, 0.5) is 0 Å². The van der Waals surface area contributed by atoms with E-state index in [0.29, 0.717) is 30.7 Å². The van der Waals surface area contributed by atoms with Gasteiger partial charge in [-0.2, -0.15) is 0 Å². The van der Waals surface area contributed by atoms with Gasteiger partial charge in [0.1, 0.15) is 0 Å². The summed E-state index contributed by atoms with van der Waals surface area (Å²) >= 11 is 0. The van der Waals surface area contributed by atoms with Crippen molar-refractivity contribution in [3.8, 4) is 0 Å². The van der Waals surface area contributed by atoms with E-state index in [-0.39, 0.29) is 12.0 Å². The summed E-state index contributed by atoms with van der Waals surface area (Å²) in [6, 6.07) is 7.46. The molecule has 0 aromatic carbocycles. The second-order valence-corrected chi connectivity index (χ2v) is 6.54. The van der Waals surface area contributed by atoms with Crippen molar-refractivity contribution < 1.29 is 13.9 Å². The maximum absolute atomic E-state index is 12.0. The Bertz CT molecular complexity index is 674. The van der Waals surface area contributed by atoms with Crippen LogP contribution in [0, 0.1) is 11.8 Å². The van der Waals surface area contributed by atoms with Gasteiger partial charge in [0.15, 0.2) is 5.76 Å². The van der Waals surface area contributed by atoms with Crippen LogP contribution >= 0.6 is 0 Å². The van der Waals surface area contributed by atoms with Crippen LogP contribution in [0.5, 0.6) is 0 Å². The monoisotopic (exact) mass is 327 g/mol. The lowest BCUT2D eigenvalue weighted by atomic mass is 9.93. The summed E-state index contributed by atoms with van der Waals surface area (Å²) in [6.07, 6.45) is 5.49. The molecule has 2 aromatic heterocycles. The van der Waals surface area contributed by atoms with Crippen LogP contribution in [-0.4, -0.2) is 48.1 Å². The Balaban J connectivity index is 1.30. The van der Waals surface area contributed by atoms with Crippen LogP contribution in [0.2, 0.25) is 0 Å². The number of furan rings is 1. The number of ether oxygens (including phenoxy) is 1. The molecule has 2 aliphatic rings. The van der Waals surface area contributed by atoms with E-state index in [2.05, 4.69) is 21.3 Å². The maximum atomic E-state index is 12.0. The molecule has 1 amide bonds. The van der Waals surface area contributed by atoms with Crippen molar-refractivity contribution >= 4 is 5.91 Å². The van der Waals surface area contributed by atoms with E-state index >= 15 is 0 Å². The largest absolute Gasteiger partial charge is 0.459 e. The second kappa shape index (κ2) is 6.75. The summed E-state index contributed by atoms with van der Waals surface area (Å²) in [5.74, 6) is 1.02. The summed E-state index contributed by atoms with van der Waals surface area (Å²) in [6.45, 7) is 4.19. The molecule has 24 heavy (non-hydrogen) atoms. The Morgan fingerprint density at radius 1 is 1.33 bits per heavy atom. The van der Waals surface area contributed by atoms with Gasteiger partial charge in [-0.15, -0.1) is 0 Å². The van der Waals surface area contributed by atoms with Gasteiger partial charge in [-0.25, -0.2) is 0 Å². The van der Waals surface area contributed by atoms with E-state index in [4.69, 9.17) is 9.15 Å². The average Bonchev–Trinajstić information content (AvgIpc) is 3.31. The Labute approximate surface area is 140 Å². The van der Waals surface area contributed by atoms with Crippen molar-refractivity contribution in [2.45, 2.75) is 12.6 Å². The molecule has 0 aliphatic carbocycles. The standard InChI is InChI=1S/C18H21N3O3/c22-18(16-4-2-6-23-16)20-8-14-12-24-17-11-21(10-15(14)17)9-13-3-1-5-19-7-13/h1-7,14-15,17H,8-12H2,(H,20,22)/t14-,15-,17-/m1/s1. The summed E-state index contributed by atoms with van der Waals surface area (Å²) in [5, 5.41) is 2.96. The van der Waals surface area contributed by atoms with Gasteiger partial charge in [-0.3, -0.25) is 14.7 Å². The SMILES string of the molecule is O=C(NC[C@@H]1CO[C@@H]2CN(Cc3cccnc3)C[C@H]12)c1ccco1.